The van der Waals surface area contributed by atoms with Crippen LogP contribution in [-0.2, 0) is 4.79 Å². The third-order valence-corrected chi connectivity index (χ3v) is 3.84. The molecule has 1 rings (SSSR count). The van der Waals surface area contributed by atoms with E-state index in [1.54, 1.807) is 6.07 Å². The molecule has 0 aromatic carbocycles. The van der Waals surface area contributed by atoms with E-state index in [4.69, 9.17) is 5.73 Å². The summed E-state index contributed by atoms with van der Waals surface area (Å²) in [5, 5.41) is 4.75. The maximum atomic E-state index is 11.7. The Bertz CT molecular complexity index is 390. The molecule has 5 heteroatoms. The van der Waals surface area contributed by atoms with Crippen LogP contribution < -0.4 is 11.1 Å². The maximum Gasteiger partial charge on any atom is 0.220 e. The van der Waals surface area contributed by atoms with E-state index in [9.17, 15) is 9.59 Å². The number of thiophene rings is 1. The number of carbonyl (C=O) groups is 2. The summed E-state index contributed by atoms with van der Waals surface area (Å²) in [6.07, 6.45) is 3.54. The fraction of sp³-hybridized carbons (Fsp3) is 0.571. The molecule has 0 aliphatic rings. The molecule has 1 atom stereocenters. The zero-order valence-corrected chi connectivity index (χ0v) is 12.2. The van der Waals surface area contributed by atoms with Crippen LogP contribution in [0, 0.1) is 0 Å². The third kappa shape index (κ3) is 5.98. The summed E-state index contributed by atoms with van der Waals surface area (Å²) in [4.78, 5) is 24.2. The van der Waals surface area contributed by atoms with Gasteiger partial charge in [0.05, 0.1) is 4.88 Å². The van der Waals surface area contributed by atoms with Crippen molar-refractivity contribution in [3.05, 3.63) is 22.4 Å². The second-order valence-electron chi connectivity index (χ2n) is 4.54. The molecule has 3 N–H and O–H groups in total. The smallest absolute Gasteiger partial charge is 0.220 e. The standard InChI is InChI=1S/C14H22N2O2S/c1-2-3-5-11(10-15)16-14(18)8-7-12(17)13-6-4-9-19-13/h4,6,9,11H,2-3,5,7-8,10,15H2,1H3,(H,16,18). The van der Waals surface area contributed by atoms with Gasteiger partial charge in [0.25, 0.3) is 0 Å². The lowest BCUT2D eigenvalue weighted by Gasteiger charge is -2.16. The average Bonchev–Trinajstić information content (AvgIpc) is 2.94. The minimum Gasteiger partial charge on any atom is -0.352 e. The van der Waals surface area contributed by atoms with Gasteiger partial charge < -0.3 is 11.1 Å². The van der Waals surface area contributed by atoms with Crippen molar-refractivity contribution in [1.82, 2.24) is 5.32 Å². The quantitative estimate of drug-likeness (QED) is 0.683. The SMILES string of the molecule is CCCCC(CN)NC(=O)CCC(=O)c1cccs1. The molecule has 1 heterocycles. The Morgan fingerprint density at radius 1 is 1.42 bits per heavy atom. The first kappa shape index (κ1) is 15.9. The molecule has 4 nitrogen and oxygen atoms in total. The normalized spacial score (nSPS) is 12.1. The van der Waals surface area contributed by atoms with E-state index in [0.29, 0.717) is 11.4 Å². The number of nitrogens with two attached hydrogens (primary N) is 1. The second-order valence-corrected chi connectivity index (χ2v) is 5.49. The molecule has 0 fully saturated rings. The van der Waals surface area contributed by atoms with Gasteiger partial charge in [-0.3, -0.25) is 9.59 Å². The van der Waals surface area contributed by atoms with Crippen LogP contribution in [0.3, 0.4) is 0 Å². The molecule has 0 aliphatic carbocycles. The lowest BCUT2D eigenvalue weighted by Crippen LogP contribution is -2.40. The molecule has 106 valence electrons. The molecule has 0 spiro atoms. The molecule has 1 aromatic rings. The topological polar surface area (TPSA) is 72.2 Å². The van der Waals surface area contributed by atoms with Gasteiger partial charge in [-0.1, -0.05) is 25.8 Å². The summed E-state index contributed by atoms with van der Waals surface area (Å²) in [5.74, 6) is -0.0561. The van der Waals surface area contributed by atoms with Gasteiger partial charge in [0.1, 0.15) is 0 Å². The van der Waals surface area contributed by atoms with Gasteiger partial charge in [0, 0.05) is 25.4 Å². The van der Waals surface area contributed by atoms with Crippen molar-refractivity contribution in [2.45, 2.75) is 45.1 Å². The van der Waals surface area contributed by atoms with Gasteiger partial charge in [0.15, 0.2) is 5.78 Å². The molecule has 0 radical (unpaired) electrons. The summed E-state index contributed by atoms with van der Waals surface area (Å²) in [7, 11) is 0. The molecule has 1 unspecified atom stereocenters. The van der Waals surface area contributed by atoms with Crippen LogP contribution in [-0.4, -0.2) is 24.3 Å². The van der Waals surface area contributed by atoms with Gasteiger partial charge in [-0.05, 0) is 17.9 Å². The Morgan fingerprint density at radius 2 is 2.21 bits per heavy atom. The lowest BCUT2D eigenvalue weighted by atomic mass is 10.1. The van der Waals surface area contributed by atoms with Crippen molar-refractivity contribution in [2.24, 2.45) is 5.73 Å². The van der Waals surface area contributed by atoms with E-state index in [0.717, 1.165) is 19.3 Å². The number of ketones is 1. The predicted octanol–water partition coefficient (Wildman–Crippen LogP) is 2.34. The van der Waals surface area contributed by atoms with Crippen molar-refractivity contribution in [3.8, 4) is 0 Å². The van der Waals surface area contributed by atoms with E-state index >= 15 is 0 Å². The van der Waals surface area contributed by atoms with E-state index in [-0.39, 0.29) is 30.6 Å². The summed E-state index contributed by atoms with van der Waals surface area (Å²) < 4.78 is 0. The van der Waals surface area contributed by atoms with Gasteiger partial charge in [-0.2, -0.15) is 0 Å². The zero-order chi connectivity index (χ0) is 14.1. The van der Waals surface area contributed by atoms with Gasteiger partial charge in [0.2, 0.25) is 5.91 Å². The van der Waals surface area contributed by atoms with Gasteiger partial charge in [-0.25, -0.2) is 0 Å². The number of Topliss-reactive ketones (excluding diaryl/α,β-unsaturated/α-hetero) is 1. The number of unbranched alkanes of at least 4 members (excludes halogenated alkanes) is 1. The van der Waals surface area contributed by atoms with Crippen molar-refractivity contribution < 1.29 is 9.59 Å². The van der Waals surface area contributed by atoms with E-state index in [1.165, 1.54) is 11.3 Å². The van der Waals surface area contributed by atoms with Crippen LogP contribution in [0.2, 0.25) is 0 Å². The van der Waals surface area contributed by atoms with Crippen LogP contribution >= 0.6 is 11.3 Å². The Balaban J connectivity index is 2.28. The Morgan fingerprint density at radius 3 is 2.79 bits per heavy atom. The largest absolute Gasteiger partial charge is 0.352 e. The monoisotopic (exact) mass is 282 g/mol. The molecule has 0 aliphatic heterocycles. The maximum absolute atomic E-state index is 11.7. The van der Waals surface area contributed by atoms with E-state index < -0.39 is 0 Å². The Kier molecular flexibility index (Phi) is 7.36. The van der Waals surface area contributed by atoms with Crippen LogP contribution in [0.1, 0.15) is 48.7 Å². The van der Waals surface area contributed by atoms with E-state index in [1.807, 2.05) is 11.4 Å². The molecule has 19 heavy (non-hydrogen) atoms. The van der Waals surface area contributed by atoms with Crippen LogP contribution in [0.5, 0.6) is 0 Å². The average molecular weight is 282 g/mol. The number of hydrogen-bond acceptors (Lipinski definition) is 4. The first-order valence-electron chi connectivity index (χ1n) is 6.73. The van der Waals surface area contributed by atoms with Crippen molar-refractivity contribution in [3.63, 3.8) is 0 Å². The highest BCUT2D eigenvalue weighted by atomic mass is 32.1. The van der Waals surface area contributed by atoms with Crippen molar-refractivity contribution in [2.75, 3.05) is 6.54 Å². The third-order valence-electron chi connectivity index (χ3n) is 2.93. The number of carbonyl (C=O) groups excluding carboxylic acids is 2. The number of hydrogen-bond donors (Lipinski definition) is 2. The van der Waals surface area contributed by atoms with Crippen LogP contribution in [0.25, 0.3) is 0 Å². The van der Waals surface area contributed by atoms with Crippen molar-refractivity contribution >= 4 is 23.0 Å². The first-order chi connectivity index (χ1) is 9.17. The fourth-order valence-corrected chi connectivity index (χ4v) is 2.48. The molecule has 0 saturated heterocycles. The highest BCUT2D eigenvalue weighted by molar-refractivity contribution is 7.12. The Hall–Kier alpha value is -1.20. The molecular formula is C14H22N2O2S. The summed E-state index contributed by atoms with van der Waals surface area (Å²) in [6, 6.07) is 3.66. The highest BCUT2D eigenvalue weighted by Crippen LogP contribution is 2.12. The molecule has 0 bridgehead atoms. The lowest BCUT2D eigenvalue weighted by molar-refractivity contribution is -0.121. The minimum absolute atomic E-state index is 0.0306. The fourth-order valence-electron chi connectivity index (χ4n) is 1.79. The number of amides is 1. The van der Waals surface area contributed by atoms with Gasteiger partial charge >= 0.3 is 0 Å². The van der Waals surface area contributed by atoms with Crippen molar-refractivity contribution in [1.29, 1.82) is 0 Å². The number of nitrogens with one attached hydrogen (secondary N) is 1. The second kappa shape index (κ2) is 8.82. The molecule has 1 amide bonds. The van der Waals surface area contributed by atoms with E-state index in [2.05, 4.69) is 12.2 Å². The van der Waals surface area contributed by atoms with Crippen LogP contribution in [0.4, 0.5) is 0 Å². The Labute approximate surface area is 118 Å². The predicted molar refractivity (Wildman–Crippen MR) is 78.4 cm³/mol. The minimum atomic E-state index is -0.0866. The zero-order valence-electron chi connectivity index (χ0n) is 11.4. The van der Waals surface area contributed by atoms with Crippen LogP contribution in [0.15, 0.2) is 17.5 Å². The summed E-state index contributed by atoms with van der Waals surface area (Å²) in [6.45, 7) is 2.56. The molecule has 1 aromatic heterocycles. The first-order valence-corrected chi connectivity index (χ1v) is 7.61. The number of rotatable bonds is 9. The summed E-state index contributed by atoms with van der Waals surface area (Å²) in [5.41, 5.74) is 5.61. The highest BCUT2D eigenvalue weighted by Gasteiger charge is 2.13. The van der Waals surface area contributed by atoms with Gasteiger partial charge in [-0.15, -0.1) is 11.3 Å². The summed E-state index contributed by atoms with van der Waals surface area (Å²) >= 11 is 1.41. The molecular weight excluding hydrogens is 260 g/mol. The molecule has 0 saturated carbocycles.